The average Bonchev–Trinajstić information content (AvgIpc) is 2.68. The largest absolute Gasteiger partial charge is 0.322 e. The summed E-state index contributed by atoms with van der Waals surface area (Å²) in [5.41, 5.74) is 1.60. The molecule has 2 amide bonds. The number of hydrogen-bond donors (Lipinski definition) is 1. The summed E-state index contributed by atoms with van der Waals surface area (Å²) in [5.74, 6) is -0.252. The van der Waals surface area contributed by atoms with Crippen molar-refractivity contribution in [1.82, 2.24) is 4.31 Å². The Morgan fingerprint density at radius 1 is 1.07 bits per heavy atom. The Kier molecular flexibility index (Phi) is 5.81. The molecular formula is C20H23N3O4S. The van der Waals surface area contributed by atoms with E-state index in [0.29, 0.717) is 24.2 Å². The van der Waals surface area contributed by atoms with Gasteiger partial charge in [-0.1, -0.05) is 6.07 Å². The molecule has 1 fully saturated rings. The molecule has 0 saturated carbocycles. The fraction of sp³-hybridized carbons (Fsp3) is 0.300. The lowest BCUT2D eigenvalue weighted by molar-refractivity contribution is -0.119. The third-order valence-corrected chi connectivity index (χ3v) is 6.45. The summed E-state index contributed by atoms with van der Waals surface area (Å²) in [6.45, 7) is 0.692. The van der Waals surface area contributed by atoms with Gasteiger partial charge in [-0.3, -0.25) is 9.59 Å². The third-order valence-electron chi connectivity index (χ3n) is 4.64. The number of sulfonamides is 1. The first-order valence-electron chi connectivity index (χ1n) is 9.03. The van der Waals surface area contributed by atoms with Crippen LogP contribution in [-0.4, -0.2) is 45.2 Å². The predicted octanol–water partition coefficient (Wildman–Crippen LogP) is 2.71. The molecule has 0 atom stereocenters. The molecular weight excluding hydrogens is 378 g/mol. The van der Waals surface area contributed by atoms with E-state index in [1.165, 1.54) is 26.2 Å². The number of nitrogens with zero attached hydrogens (tertiary/aromatic N) is 2. The molecule has 148 valence electrons. The molecule has 0 radical (unpaired) electrons. The maximum absolute atomic E-state index is 12.5. The van der Waals surface area contributed by atoms with Crippen molar-refractivity contribution in [3.05, 3.63) is 54.1 Å². The normalized spacial score (nSPS) is 15.0. The van der Waals surface area contributed by atoms with E-state index < -0.39 is 10.0 Å². The molecule has 1 aliphatic rings. The van der Waals surface area contributed by atoms with E-state index in [1.54, 1.807) is 41.3 Å². The second-order valence-electron chi connectivity index (χ2n) is 6.82. The molecule has 1 N–H and O–H groups in total. The van der Waals surface area contributed by atoms with Crippen LogP contribution in [0.2, 0.25) is 0 Å². The lowest BCUT2D eigenvalue weighted by atomic mass is 10.1. The van der Waals surface area contributed by atoms with Gasteiger partial charge >= 0.3 is 0 Å². The second kappa shape index (κ2) is 8.12. The molecule has 0 aromatic heterocycles. The van der Waals surface area contributed by atoms with Crippen molar-refractivity contribution in [1.29, 1.82) is 0 Å². The lowest BCUT2D eigenvalue weighted by Gasteiger charge is -2.26. The maximum Gasteiger partial charge on any atom is 0.255 e. The first-order valence-corrected chi connectivity index (χ1v) is 10.5. The minimum absolute atomic E-state index is 0.0994. The summed E-state index contributed by atoms with van der Waals surface area (Å²) in [6.07, 6.45) is 2.44. The van der Waals surface area contributed by atoms with Crippen LogP contribution in [0.1, 0.15) is 29.6 Å². The van der Waals surface area contributed by atoms with E-state index >= 15 is 0 Å². The highest BCUT2D eigenvalue weighted by Crippen LogP contribution is 2.22. The van der Waals surface area contributed by atoms with Crippen LogP contribution in [0.5, 0.6) is 0 Å². The van der Waals surface area contributed by atoms with Crippen molar-refractivity contribution >= 4 is 33.2 Å². The summed E-state index contributed by atoms with van der Waals surface area (Å²) in [6, 6.07) is 12.9. The SMILES string of the molecule is CN(C)S(=O)(=O)c1cccc(NC(=O)c2ccc(N3CCCCC3=O)cc2)c1. The molecule has 7 nitrogen and oxygen atoms in total. The summed E-state index contributed by atoms with van der Waals surface area (Å²) in [4.78, 5) is 26.4. The van der Waals surface area contributed by atoms with Gasteiger partial charge in [0.2, 0.25) is 15.9 Å². The first kappa shape index (κ1) is 20.0. The zero-order valence-electron chi connectivity index (χ0n) is 15.9. The van der Waals surface area contributed by atoms with Gasteiger partial charge in [-0.05, 0) is 55.3 Å². The zero-order valence-corrected chi connectivity index (χ0v) is 16.7. The van der Waals surface area contributed by atoms with Crippen LogP contribution in [0.25, 0.3) is 0 Å². The standard InChI is InChI=1S/C20H23N3O4S/c1-22(2)28(26,27)18-7-5-6-16(14-18)21-20(25)15-9-11-17(12-10-15)23-13-4-3-8-19(23)24/h5-7,9-12,14H,3-4,8,13H2,1-2H3,(H,21,25). The van der Waals surface area contributed by atoms with Crippen LogP contribution < -0.4 is 10.2 Å². The van der Waals surface area contributed by atoms with Gasteiger partial charge in [0, 0.05) is 44.0 Å². The summed E-state index contributed by atoms with van der Waals surface area (Å²) in [5, 5.41) is 2.71. The Morgan fingerprint density at radius 3 is 2.43 bits per heavy atom. The van der Waals surface area contributed by atoms with E-state index in [2.05, 4.69) is 5.32 Å². The number of amides is 2. The van der Waals surface area contributed by atoms with Crippen LogP contribution in [-0.2, 0) is 14.8 Å². The van der Waals surface area contributed by atoms with Crippen molar-refractivity contribution in [2.75, 3.05) is 30.9 Å². The fourth-order valence-corrected chi connectivity index (χ4v) is 3.97. The highest BCUT2D eigenvalue weighted by atomic mass is 32.2. The molecule has 0 bridgehead atoms. The molecule has 1 saturated heterocycles. The minimum Gasteiger partial charge on any atom is -0.322 e. The molecule has 0 aliphatic carbocycles. The van der Waals surface area contributed by atoms with Crippen LogP contribution in [0.3, 0.4) is 0 Å². The van der Waals surface area contributed by atoms with Gasteiger partial charge in [-0.25, -0.2) is 12.7 Å². The third kappa shape index (κ3) is 4.23. The lowest BCUT2D eigenvalue weighted by Crippen LogP contribution is -2.35. The fourth-order valence-electron chi connectivity index (χ4n) is 3.02. The molecule has 2 aromatic rings. The number of piperidine rings is 1. The van der Waals surface area contributed by atoms with E-state index in [4.69, 9.17) is 0 Å². The Hall–Kier alpha value is -2.71. The number of anilines is 2. The van der Waals surface area contributed by atoms with Crippen LogP contribution in [0.4, 0.5) is 11.4 Å². The van der Waals surface area contributed by atoms with Gasteiger partial charge in [0.1, 0.15) is 0 Å². The molecule has 1 aliphatic heterocycles. The van der Waals surface area contributed by atoms with Gasteiger partial charge in [-0.15, -0.1) is 0 Å². The van der Waals surface area contributed by atoms with Gasteiger partial charge in [0.15, 0.2) is 0 Å². The minimum atomic E-state index is -3.58. The molecule has 8 heteroatoms. The number of carbonyl (C=O) groups is 2. The molecule has 3 rings (SSSR count). The number of nitrogens with one attached hydrogen (secondary N) is 1. The highest BCUT2D eigenvalue weighted by molar-refractivity contribution is 7.89. The van der Waals surface area contributed by atoms with Crippen LogP contribution in [0, 0.1) is 0 Å². The number of benzene rings is 2. The topological polar surface area (TPSA) is 86.8 Å². The van der Waals surface area contributed by atoms with Crippen LogP contribution >= 0.6 is 0 Å². The van der Waals surface area contributed by atoms with Gasteiger partial charge in [-0.2, -0.15) is 0 Å². The summed E-state index contributed by atoms with van der Waals surface area (Å²) < 4.78 is 25.6. The van der Waals surface area contributed by atoms with Crippen molar-refractivity contribution in [3.8, 4) is 0 Å². The average molecular weight is 401 g/mol. The Balaban J connectivity index is 1.74. The Labute approximate surface area is 165 Å². The van der Waals surface area contributed by atoms with E-state index in [-0.39, 0.29) is 16.7 Å². The smallest absolute Gasteiger partial charge is 0.255 e. The summed E-state index contributed by atoms with van der Waals surface area (Å²) in [7, 11) is -0.671. The van der Waals surface area contributed by atoms with E-state index in [9.17, 15) is 18.0 Å². The van der Waals surface area contributed by atoms with Crippen molar-refractivity contribution in [2.24, 2.45) is 0 Å². The quantitative estimate of drug-likeness (QED) is 0.835. The summed E-state index contributed by atoms with van der Waals surface area (Å²) >= 11 is 0. The molecule has 0 spiro atoms. The molecule has 2 aromatic carbocycles. The van der Waals surface area contributed by atoms with Gasteiger partial charge < -0.3 is 10.2 Å². The van der Waals surface area contributed by atoms with Crippen molar-refractivity contribution in [3.63, 3.8) is 0 Å². The Morgan fingerprint density at radius 2 is 1.79 bits per heavy atom. The number of hydrogen-bond acceptors (Lipinski definition) is 4. The monoisotopic (exact) mass is 401 g/mol. The molecule has 0 unspecified atom stereocenters. The zero-order chi connectivity index (χ0) is 20.3. The Bertz CT molecular complexity index is 985. The van der Waals surface area contributed by atoms with Gasteiger partial charge in [0.25, 0.3) is 5.91 Å². The highest BCUT2D eigenvalue weighted by Gasteiger charge is 2.20. The first-order chi connectivity index (χ1) is 13.3. The van der Waals surface area contributed by atoms with E-state index in [0.717, 1.165) is 22.8 Å². The predicted molar refractivity (Wildman–Crippen MR) is 108 cm³/mol. The second-order valence-corrected chi connectivity index (χ2v) is 8.97. The number of rotatable bonds is 5. The number of carbonyl (C=O) groups excluding carboxylic acids is 2. The van der Waals surface area contributed by atoms with Gasteiger partial charge in [0.05, 0.1) is 4.90 Å². The molecule has 28 heavy (non-hydrogen) atoms. The van der Waals surface area contributed by atoms with Crippen molar-refractivity contribution in [2.45, 2.75) is 24.2 Å². The molecule has 1 heterocycles. The maximum atomic E-state index is 12.5. The van der Waals surface area contributed by atoms with E-state index in [1.807, 2.05) is 0 Å². The van der Waals surface area contributed by atoms with Crippen LogP contribution in [0.15, 0.2) is 53.4 Å². The van der Waals surface area contributed by atoms with Crippen molar-refractivity contribution < 1.29 is 18.0 Å².